The molecule has 1 aliphatic rings. The van der Waals surface area contributed by atoms with E-state index in [0.717, 1.165) is 19.0 Å². The van der Waals surface area contributed by atoms with Crippen LogP contribution in [0.15, 0.2) is 29.3 Å². The molecule has 1 saturated carbocycles. The first kappa shape index (κ1) is 20.7. The minimum absolute atomic E-state index is 0. The number of nitrogens with one attached hydrogen (secondary N) is 2. The van der Waals surface area contributed by atoms with E-state index in [1.807, 2.05) is 6.92 Å². The van der Waals surface area contributed by atoms with Crippen LogP contribution in [0, 0.1) is 15.5 Å². The number of hydrogen-bond acceptors (Lipinski definition) is 3. The van der Waals surface area contributed by atoms with Crippen molar-refractivity contribution < 1.29 is 4.92 Å². The summed E-state index contributed by atoms with van der Waals surface area (Å²) in [6.45, 7) is 6.22. The summed E-state index contributed by atoms with van der Waals surface area (Å²) >= 11 is 0. The molecule has 1 aromatic carbocycles. The summed E-state index contributed by atoms with van der Waals surface area (Å²) < 4.78 is 0. The van der Waals surface area contributed by atoms with Gasteiger partial charge in [0.05, 0.1) is 17.0 Å². The molecule has 0 spiro atoms. The van der Waals surface area contributed by atoms with E-state index in [0.29, 0.717) is 17.5 Å². The third-order valence-electron chi connectivity index (χ3n) is 4.74. The predicted octanol–water partition coefficient (Wildman–Crippen LogP) is 3.85. The second-order valence-corrected chi connectivity index (χ2v) is 6.14. The lowest BCUT2D eigenvalue weighted by molar-refractivity contribution is -0.385. The van der Waals surface area contributed by atoms with Crippen LogP contribution in [0.1, 0.15) is 45.1 Å². The highest BCUT2D eigenvalue weighted by atomic mass is 127. The van der Waals surface area contributed by atoms with Gasteiger partial charge >= 0.3 is 0 Å². The largest absolute Gasteiger partial charge is 0.357 e. The van der Waals surface area contributed by atoms with Gasteiger partial charge in [-0.2, -0.15) is 0 Å². The van der Waals surface area contributed by atoms with Gasteiger partial charge in [-0.25, -0.2) is 4.99 Å². The maximum atomic E-state index is 11.1. The number of aliphatic imine (C=N–C) groups is 1. The lowest BCUT2D eigenvalue weighted by Gasteiger charge is -2.41. The van der Waals surface area contributed by atoms with Crippen LogP contribution in [0.25, 0.3) is 0 Å². The lowest BCUT2D eigenvalue weighted by Crippen LogP contribution is -2.46. The van der Waals surface area contributed by atoms with E-state index in [-0.39, 0.29) is 34.6 Å². The molecule has 1 fully saturated rings. The van der Waals surface area contributed by atoms with E-state index in [4.69, 9.17) is 0 Å². The minimum Gasteiger partial charge on any atom is -0.357 e. The van der Waals surface area contributed by atoms with Gasteiger partial charge in [0.25, 0.3) is 5.69 Å². The monoisotopic (exact) mass is 446 g/mol. The van der Waals surface area contributed by atoms with Crippen LogP contribution in [-0.2, 0) is 6.54 Å². The standard InChI is InChI=1S/C17H26N4O2.HI/c1-3-17(10-7-11-17)13-20-16(18-4-2)19-12-14-8-5-6-9-15(14)21(22)23;/h5-6,8-9H,3-4,7,10-13H2,1-2H3,(H2,18,19,20);1H. The van der Waals surface area contributed by atoms with Gasteiger partial charge in [-0.15, -0.1) is 24.0 Å². The van der Waals surface area contributed by atoms with Gasteiger partial charge in [0.1, 0.15) is 0 Å². The Hall–Kier alpha value is -1.38. The van der Waals surface area contributed by atoms with Gasteiger partial charge in [0.15, 0.2) is 5.96 Å². The number of nitro benzene ring substituents is 1. The first-order valence-electron chi connectivity index (χ1n) is 8.35. The van der Waals surface area contributed by atoms with Gasteiger partial charge in [-0.3, -0.25) is 10.1 Å². The van der Waals surface area contributed by atoms with Gasteiger partial charge in [-0.05, 0) is 31.6 Å². The minimum atomic E-state index is -0.356. The van der Waals surface area contributed by atoms with Crippen molar-refractivity contribution in [3.8, 4) is 0 Å². The molecular formula is C17H27IN4O2. The molecule has 1 aromatic rings. The van der Waals surface area contributed by atoms with Crippen molar-refractivity contribution in [2.75, 3.05) is 13.1 Å². The molecule has 0 saturated heterocycles. The Labute approximate surface area is 160 Å². The molecule has 0 heterocycles. The molecule has 0 unspecified atom stereocenters. The molecule has 0 amide bonds. The van der Waals surface area contributed by atoms with E-state index < -0.39 is 0 Å². The van der Waals surface area contributed by atoms with E-state index in [1.165, 1.54) is 31.7 Å². The molecule has 0 atom stereocenters. The van der Waals surface area contributed by atoms with Crippen molar-refractivity contribution in [3.63, 3.8) is 0 Å². The van der Waals surface area contributed by atoms with Crippen LogP contribution in [0.3, 0.4) is 0 Å². The van der Waals surface area contributed by atoms with E-state index in [9.17, 15) is 10.1 Å². The van der Waals surface area contributed by atoms with Crippen LogP contribution in [-0.4, -0.2) is 24.0 Å². The Morgan fingerprint density at radius 3 is 2.54 bits per heavy atom. The number of para-hydroxylation sites is 1. The zero-order valence-electron chi connectivity index (χ0n) is 14.4. The van der Waals surface area contributed by atoms with Gasteiger partial charge < -0.3 is 10.6 Å². The van der Waals surface area contributed by atoms with Gasteiger partial charge in [0.2, 0.25) is 0 Å². The topological polar surface area (TPSA) is 79.6 Å². The van der Waals surface area contributed by atoms with Crippen LogP contribution in [0.5, 0.6) is 0 Å². The molecule has 6 nitrogen and oxygen atoms in total. The summed E-state index contributed by atoms with van der Waals surface area (Å²) in [7, 11) is 0. The van der Waals surface area contributed by atoms with Crippen LogP contribution >= 0.6 is 24.0 Å². The fourth-order valence-corrected chi connectivity index (χ4v) is 2.93. The Bertz CT molecular complexity index is 568. The first-order chi connectivity index (χ1) is 11.1. The van der Waals surface area contributed by atoms with Crippen molar-refractivity contribution >= 4 is 35.6 Å². The second kappa shape index (κ2) is 9.80. The van der Waals surface area contributed by atoms with Crippen LogP contribution < -0.4 is 10.6 Å². The van der Waals surface area contributed by atoms with Crippen LogP contribution in [0.4, 0.5) is 5.69 Å². The van der Waals surface area contributed by atoms with E-state index >= 15 is 0 Å². The smallest absolute Gasteiger partial charge is 0.274 e. The average molecular weight is 446 g/mol. The summed E-state index contributed by atoms with van der Waals surface area (Å²) in [6.07, 6.45) is 5.00. The highest BCUT2D eigenvalue weighted by Crippen LogP contribution is 2.42. The predicted molar refractivity (Wildman–Crippen MR) is 108 cm³/mol. The third kappa shape index (κ3) is 5.32. The fourth-order valence-electron chi connectivity index (χ4n) is 2.93. The SMILES string of the molecule is CCNC(=NCc1ccccc1[N+](=O)[O-])NCC1(CC)CCC1.I. The van der Waals surface area contributed by atoms with E-state index in [2.05, 4.69) is 22.5 Å². The molecule has 0 radical (unpaired) electrons. The molecule has 24 heavy (non-hydrogen) atoms. The maximum Gasteiger partial charge on any atom is 0.274 e. The number of nitro groups is 1. The summed E-state index contributed by atoms with van der Waals surface area (Å²) in [5, 5.41) is 17.7. The highest BCUT2D eigenvalue weighted by molar-refractivity contribution is 14.0. The number of hydrogen-bond donors (Lipinski definition) is 2. The fraction of sp³-hybridized carbons (Fsp3) is 0.588. The molecule has 7 heteroatoms. The van der Waals surface area contributed by atoms with Gasteiger partial charge in [-0.1, -0.05) is 31.5 Å². The summed E-state index contributed by atoms with van der Waals surface area (Å²) in [5.41, 5.74) is 1.15. The van der Waals surface area contributed by atoms with E-state index in [1.54, 1.807) is 18.2 Å². The summed E-state index contributed by atoms with van der Waals surface area (Å²) in [5.74, 6) is 0.727. The summed E-state index contributed by atoms with van der Waals surface area (Å²) in [6, 6.07) is 6.76. The molecule has 2 N–H and O–H groups in total. The highest BCUT2D eigenvalue weighted by Gasteiger charge is 2.34. The molecule has 0 bridgehead atoms. The normalized spacial score (nSPS) is 15.8. The van der Waals surface area contributed by atoms with Crippen molar-refractivity contribution in [3.05, 3.63) is 39.9 Å². The van der Waals surface area contributed by atoms with Crippen molar-refractivity contribution in [2.45, 2.75) is 46.1 Å². The first-order valence-corrected chi connectivity index (χ1v) is 8.35. The third-order valence-corrected chi connectivity index (χ3v) is 4.74. The van der Waals surface area contributed by atoms with Crippen LogP contribution in [0.2, 0.25) is 0 Å². The molecule has 1 aliphatic carbocycles. The quantitative estimate of drug-likeness (QED) is 0.219. The Morgan fingerprint density at radius 2 is 2.00 bits per heavy atom. The van der Waals surface area contributed by atoms with Gasteiger partial charge in [0, 0.05) is 19.2 Å². The Balaban J connectivity index is 0.00000288. The zero-order valence-corrected chi connectivity index (χ0v) is 16.7. The van der Waals surface area contributed by atoms with Crippen molar-refractivity contribution in [1.29, 1.82) is 0 Å². The number of rotatable bonds is 7. The molecule has 2 rings (SSSR count). The summed E-state index contributed by atoms with van der Waals surface area (Å²) in [4.78, 5) is 15.2. The maximum absolute atomic E-state index is 11.1. The molecular weight excluding hydrogens is 419 g/mol. The molecule has 134 valence electrons. The second-order valence-electron chi connectivity index (χ2n) is 6.14. The molecule has 0 aromatic heterocycles. The average Bonchev–Trinajstić information content (AvgIpc) is 2.52. The van der Waals surface area contributed by atoms with Crippen molar-refractivity contribution in [1.82, 2.24) is 10.6 Å². The molecule has 0 aliphatic heterocycles. The Morgan fingerprint density at radius 1 is 1.29 bits per heavy atom. The van der Waals surface area contributed by atoms with Crippen molar-refractivity contribution in [2.24, 2.45) is 10.4 Å². The number of halogens is 1. The zero-order chi connectivity index (χ0) is 16.7. The lowest BCUT2D eigenvalue weighted by atomic mass is 9.67. The number of guanidine groups is 1. The Kier molecular flexibility index (Phi) is 8.44. The number of nitrogens with zero attached hydrogens (tertiary/aromatic N) is 2. The number of benzene rings is 1.